The van der Waals surface area contributed by atoms with Crippen molar-refractivity contribution in [2.24, 2.45) is 0 Å². The lowest BCUT2D eigenvalue weighted by atomic mass is 10.1. The molecule has 0 bridgehead atoms. The number of imidazole rings is 1. The lowest BCUT2D eigenvalue weighted by Gasteiger charge is -2.15. The van der Waals surface area contributed by atoms with Gasteiger partial charge in [-0.2, -0.15) is 4.98 Å². The molecular weight excluding hydrogens is 273 g/mol. The second kappa shape index (κ2) is 4.51. The minimum atomic E-state index is -1.75. The summed E-state index contributed by atoms with van der Waals surface area (Å²) in [4.78, 5) is 21.6. The van der Waals surface area contributed by atoms with Crippen molar-refractivity contribution in [3.63, 3.8) is 0 Å². The number of nitrogen functional groups attached to an aromatic ring is 1. The number of fused-ring (bicyclic) bond motifs is 1. The number of nitrogens with two attached hydrogens (primary N) is 1. The van der Waals surface area contributed by atoms with Crippen molar-refractivity contribution in [3.8, 4) is 0 Å². The second-order valence-corrected chi connectivity index (χ2v) is 4.46. The molecule has 1 saturated heterocycles. The molecule has 0 amide bonds. The number of hydrogen-bond acceptors (Lipinski definition) is 7. The molecule has 20 heavy (non-hydrogen) atoms. The number of hydrogen-bond donors (Lipinski definition) is 4. The standard InChI is InChI=1S/C10H12FN5O4/c11-4-3(1-17)20-9(6(4)18)16-2-13-5-7(16)14-10(12)15-8(5)19/h2-4,6,9,17-18H,1H2,(H3,12,14,15,19)/t3-,4?,6?,9-/m1/s1. The van der Waals surface area contributed by atoms with Crippen LogP contribution in [0.25, 0.3) is 11.2 Å². The molecule has 2 unspecified atom stereocenters. The highest BCUT2D eigenvalue weighted by Gasteiger charge is 2.45. The quantitative estimate of drug-likeness (QED) is 0.515. The summed E-state index contributed by atoms with van der Waals surface area (Å²) in [5, 5.41) is 18.8. The molecule has 4 atom stereocenters. The molecule has 0 aliphatic carbocycles. The average Bonchev–Trinajstić information content (AvgIpc) is 2.93. The van der Waals surface area contributed by atoms with Gasteiger partial charge in [-0.15, -0.1) is 0 Å². The van der Waals surface area contributed by atoms with Gasteiger partial charge < -0.3 is 20.7 Å². The fraction of sp³-hybridized carbons (Fsp3) is 0.500. The lowest BCUT2D eigenvalue weighted by molar-refractivity contribution is -0.0495. The Bertz CT molecular complexity index is 701. The first-order valence-corrected chi connectivity index (χ1v) is 5.83. The summed E-state index contributed by atoms with van der Waals surface area (Å²) in [6.07, 6.45) is -4.34. The first kappa shape index (κ1) is 13.0. The van der Waals surface area contributed by atoms with Crippen molar-refractivity contribution in [2.45, 2.75) is 24.6 Å². The summed E-state index contributed by atoms with van der Waals surface area (Å²) in [5.74, 6) is -0.132. The summed E-state index contributed by atoms with van der Waals surface area (Å²) in [5.41, 5.74) is 4.96. The Balaban J connectivity index is 2.09. The molecule has 0 radical (unpaired) electrons. The van der Waals surface area contributed by atoms with Gasteiger partial charge in [-0.05, 0) is 0 Å². The van der Waals surface area contributed by atoms with E-state index in [1.165, 1.54) is 10.9 Å². The van der Waals surface area contributed by atoms with E-state index in [1.807, 2.05) is 0 Å². The normalized spacial score (nSPS) is 30.1. The van der Waals surface area contributed by atoms with Crippen molar-refractivity contribution >= 4 is 17.1 Å². The number of aliphatic hydroxyl groups is 2. The van der Waals surface area contributed by atoms with Crippen LogP contribution < -0.4 is 11.3 Å². The third kappa shape index (κ3) is 1.77. The van der Waals surface area contributed by atoms with Crippen molar-refractivity contribution < 1.29 is 19.3 Å². The Labute approximate surface area is 110 Å². The number of aromatic amines is 1. The van der Waals surface area contributed by atoms with Crippen molar-refractivity contribution in [1.82, 2.24) is 19.5 Å². The maximum atomic E-state index is 13.7. The van der Waals surface area contributed by atoms with Crippen LogP contribution in [-0.2, 0) is 4.74 Å². The molecule has 10 heteroatoms. The van der Waals surface area contributed by atoms with Gasteiger partial charge in [0.25, 0.3) is 5.56 Å². The summed E-state index contributed by atoms with van der Waals surface area (Å²) in [6.45, 7) is -0.572. The summed E-state index contributed by atoms with van der Waals surface area (Å²) in [7, 11) is 0. The van der Waals surface area contributed by atoms with Crippen molar-refractivity contribution in [1.29, 1.82) is 0 Å². The number of ether oxygens (including phenoxy) is 1. The first-order chi connectivity index (χ1) is 9.52. The Morgan fingerprint density at radius 2 is 2.35 bits per heavy atom. The van der Waals surface area contributed by atoms with E-state index < -0.39 is 36.8 Å². The Morgan fingerprint density at radius 3 is 3.00 bits per heavy atom. The fourth-order valence-corrected chi connectivity index (χ4v) is 2.21. The number of halogens is 1. The number of aromatic nitrogens is 4. The molecule has 108 valence electrons. The van der Waals surface area contributed by atoms with Crippen LogP contribution in [0.15, 0.2) is 11.1 Å². The number of H-pyrrole nitrogens is 1. The number of rotatable bonds is 2. The number of nitrogens with zero attached hydrogens (tertiary/aromatic N) is 3. The van der Waals surface area contributed by atoms with Gasteiger partial charge in [0.2, 0.25) is 5.95 Å². The zero-order chi connectivity index (χ0) is 14.4. The number of aliphatic hydroxyl groups excluding tert-OH is 2. The molecule has 3 rings (SSSR count). The van der Waals surface area contributed by atoms with Gasteiger partial charge in [0, 0.05) is 0 Å². The highest BCUT2D eigenvalue weighted by Crippen LogP contribution is 2.32. The van der Waals surface area contributed by atoms with E-state index >= 15 is 0 Å². The monoisotopic (exact) mass is 285 g/mol. The smallest absolute Gasteiger partial charge is 0.280 e. The van der Waals surface area contributed by atoms with Gasteiger partial charge in [0.05, 0.1) is 12.9 Å². The molecule has 1 fully saturated rings. The molecule has 0 aromatic carbocycles. The molecule has 0 saturated carbocycles. The molecular formula is C10H12FN5O4. The minimum absolute atomic E-state index is 0.00198. The topological polar surface area (TPSA) is 139 Å². The van der Waals surface area contributed by atoms with Gasteiger partial charge in [-0.25, -0.2) is 9.37 Å². The Morgan fingerprint density at radius 1 is 1.60 bits per heavy atom. The van der Waals surface area contributed by atoms with E-state index in [0.29, 0.717) is 0 Å². The number of nitrogens with one attached hydrogen (secondary N) is 1. The van der Waals surface area contributed by atoms with Crippen molar-refractivity contribution in [3.05, 3.63) is 16.7 Å². The highest BCUT2D eigenvalue weighted by molar-refractivity contribution is 5.70. The van der Waals surface area contributed by atoms with E-state index in [1.54, 1.807) is 0 Å². The summed E-state index contributed by atoms with van der Waals surface area (Å²) < 4.78 is 20.1. The van der Waals surface area contributed by atoms with Gasteiger partial charge in [-0.3, -0.25) is 14.3 Å². The number of anilines is 1. The molecule has 5 N–H and O–H groups in total. The Hall–Kier alpha value is -2.04. The SMILES string of the molecule is Nc1nc2c(ncn2[C@@H]2O[C@H](CO)C(F)C2O)c(=O)[nH]1. The van der Waals surface area contributed by atoms with Gasteiger partial charge in [0.1, 0.15) is 12.2 Å². The third-order valence-corrected chi connectivity index (χ3v) is 3.19. The third-order valence-electron chi connectivity index (χ3n) is 3.19. The predicted molar refractivity (Wildman–Crippen MR) is 64.5 cm³/mol. The van der Waals surface area contributed by atoms with E-state index in [0.717, 1.165) is 0 Å². The van der Waals surface area contributed by atoms with E-state index in [-0.39, 0.29) is 17.1 Å². The lowest BCUT2D eigenvalue weighted by Crippen LogP contribution is -2.29. The van der Waals surface area contributed by atoms with Crippen LogP contribution in [0.2, 0.25) is 0 Å². The first-order valence-electron chi connectivity index (χ1n) is 5.83. The van der Waals surface area contributed by atoms with Gasteiger partial charge in [-0.1, -0.05) is 0 Å². The van der Waals surface area contributed by atoms with E-state index in [4.69, 9.17) is 15.6 Å². The molecule has 9 nitrogen and oxygen atoms in total. The van der Waals surface area contributed by atoms with Gasteiger partial charge >= 0.3 is 0 Å². The maximum Gasteiger partial charge on any atom is 0.280 e. The van der Waals surface area contributed by atoms with Crippen LogP contribution >= 0.6 is 0 Å². The van der Waals surface area contributed by atoms with Crippen LogP contribution in [0.5, 0.6) is 0 Å². The van der Waals surface area contributed by atoms with Crippen LogP contribution in [0.3, 0.4) is 0 Å². The van der Waals surface area contributed by atoms with Crippen LogP contribution in [0.4, 0.5) is 10.3 Å². The zero-order valence-corrected chi connectivity index (χ0v) is 10.1. The van der Waals surface area contributed by atoms with Gasteiger partial charge in [0.15, 0.2) is 23.6 Å². The number of alkyl halides is 1. The molecule has 1 aliphatic heterocycles. The summed E-state index contributed by atoms with van der Waals surface area (Å²) >= 11 is 0. The average molecular weight is 285 g/mol. The van der Waals surface area contributed by atoms with E-state index in [9.17, 15) is 14.3 Å². The van der Waals surface area contributed by atoms with E-state index in [2.05, 4.69) is 15.0 Å². The Kier molecular flexibility index (Phi) is 2.92. The van der Waals surface area contributed by atoms with Crippen LogP contribution in [0, 0.1) is 0 Å². The zero-order valence-electron chi connectivity index (χ0n) is 10.1. The molecule has 1 aliphatic rings. The maximum absolute atomic E-state index is 13.7. The second-order valence-electron chi connectivity index (χ2n) is 4.46. The predicted octanol–water partition coefficient (Wildman–Crippen LogP) is -1.71. The van der Waals surface area contributed by atoms with Crippen LogP contribution in [-0.4, -0.2) is 54.7 Å². The molecule has 2 aromatic rings. The largest absolute Gasteiger partial charge is 0.394 e. The summed E-state index contributed by atoms with van der Waals surface area (Å²) in [6, 6.07) is 0. The highest BCUT2D eigenvalue weighted by atomic mass is 19.1. The van der Waals surface area contributed by atoms with Crippen molar-refractivity contribution in [2.75, 3.05) is 12.3 Å². The molecule has 0 spiro atoms. The fourth-order valence-electron chi connectivity index (χ4n) is 2.21. The molecule has 2 aromatic heterocycles. The molecule has 3 heterocycles. The minimum Gasteiger partial charge on any atom is -0.394 e. The van der Waals surface area contributed by atoms with Crippen LogP contribution in [0.1, 0.15) is 6.23 Å².